The molecule has 0 spiro atoms. The number of hydrogen-bond donors (Lipinski definition) is 0. The van der Waals surface area contributed by atoms with Gasteiger partial charge in [0.25, 0.3) is 16.9 Å². The number of ether oxygens (including phenoxy) is 1. The summed E-state index contributed by atoms with van der Waals surface area (Å²) in [6, 6.07) is 2.61. The third-order valence-corrected chi connectivity index (χ3v) is 4.39. The van der Waals surface area contributed by atoms with E-state index in [1.165, 1.54) is 36.8 Å². The Hall–Kier alpha value is -2.23. The number of rotatable bonds is 3. The summed E-state index contributed by atoms with van der Waals surface area (Å²) >= 11 is 1.18. The van der Waals surface area contributed by atoms with Crippen molar-refractivity contribution in [3.8, 4) is 15.6 Å². The molecular weight excluding hydrogens is 358 g/mol. The van der Waals surface area contributed by atoms with Crippen LogP contribution in [-0.4, -0.2) is 23.9 Å². The van der Waals surface area contributed by atoms with Crippen molar-refractivity contribution in [3.05, 3.63) is 42.7 Å². The Balaban J connectivity index is 1.98. The van der Waals surface area contributed by atoms with Gasteiger partial charge < -0.3 is 13.5 Å². The fourth-order valence-corrected chi connectivity index (χ4v) is 2.84. The number of pyridine rings is 1. The molecule has 0 N–H and O–H groups in total. The second-order valence-corrected chi connectivity index (χ2v) is 5.80. The van der Waals surface area contributed by atoms with E-state index in [4.69, 9.17) is 4.74 Å². The lowest BCUT2D eigenvalue weighted by molar-refractivity contribution is -0.583. The Morgan fingerprint density at radius 1 is 1.21 bits per heavy atom. The molecule has 0 radical (unpaired) electrons. The molecule has 0 atom stereocenters. The average molecular weight is 366 g/mol. The van der Waals surface area contributed by atoms with Crippen molar-refractivity contribution in [1.82, 2.24) is 4.98 Å². The van der Waals surface area contributed by atoms with Crippen LogP contribution in [0.3, 0.4) is 0 Å². The Morgan fingerprint density at radius 3 is 2.29 bits per heavy atom. The third-order valence-electron chi connectivity index (χ3n) is 3.38. The summed E-state index contributed by atoms with van der Waals surface area (Å²) in [4.78, 5) is 4.04. The van der Waals surface area contributed by atoms with Gasteiger partial charge in [-0.25, -0.2) is 22.1 Å². The molecule has 0 saturated carbocycles. The predicted octanol–water partition coefficient (Wildman–Crippen LogP) is 4.03. The zero-order valence-corrected chi connectivity index (χ0v) is 12.7. The number of aromatic nitrogens is 2. The smallest absolute Gasteiger partial charge is 0.313 e. The van der Waals surface area contributed by atoms with E-state index in [0.29, 0.717) is 20.2 Å². The number of thiazole rings is 1. The maximum Gasteiger partial charge on any atom is 0.313 e. The molecule has 2 aromatic heterocycles. The van der Waals surface area contributed by atoms with Gasteiger partial charge >= 0.3 is 5.06 Å². The highest BCUT2D eigenvalue weighted by molar-refractivity contribution is 7.16. The lowest BCUT2D eigenvalue weighted by atomic mass is 10.2. The molecule has 1 aliphatic carbocycles. The summed E-state index contributed by atoms with van der Waals surface area (Å²) in [7, 11) is 1.45. The molecule has 2 aromatic rings. The van der Waals surface area contributed by atoms with Gasteiger partial charge in [0.05, 0.1) is 19.1 Å². The fraction of sp³-hybridized carbons (Fsp3) is 0.214. The van der Waals surface area contributed by atoms with E-state index in [1.54, 1.807) is 0 Å². The first-order chi connectivity index (χ1) is 11.2. The molecule has 2 heterocycles. The molecular formula is C14H8F6N2OS. The van der Waals surface area contributed by atoms with E-state index in [0.717, 1.165) is 12.4 Å². The number of nitrogens with zero attached hydrogens (tertiary/aromatic N) is 2. The number of alkyl halides is 4. The molecule has 0 saturated heterocycles. The molecule has 0 amide bonds. The van der Waals surface area contributed by atoms with E-state index < -0.39 is 29.5 Å². The molecule has 10 heteroatoms. The summed E-state index contributed by atoms with van der Waals surface area (Å²) in [6.45, 7) is 0. The molecule has 3 nitrogen and oxygen atoms in total. The van der Waals surface area contributed by atoms with Crippen LogP contribution in [0.25, 0.3) is 16.3 Å². The van der Waals surface area contributed by atoms with E-state index in [9.17, 15) is 26.3 Å². The van der Waals surface area contributed by atoms with Gasteiger partial charge in [-0.05, 0) is 17.7 Å². The summed E-state index contributed by atoms with van der Waals surface area (Å²) in [5, 5.41) is 1.02. The zero-order chi connectivity index (χ0) is 17.7. The summed E-state index contributed by atoms with van der Waals surface area (Å²) in [5.74, 6) is -13.0. The van der Waals surface area contributed by atoms with Crippen LogP contribution in [0.5, 0.6) is 5.06 Å². The van der Waals surface area contributed by atoms with Gasteiger partial charge in [-0.15, -0.1) is 0 Å². The van der Waals surface area contributed by atoms with Crippen molar-refractivity contribution >= 4 is 17.0 Å². The first-order valence-corrected chi connectivity index (χ1v) is 7.23. The predicted molar refractivity (Wildman–Crippen MR) is 72.9 cm³/mol. The van der Waals surface area contributed by atoms with Crippen LogP contribution in [0.15, 0.2) is 36.6 Å². The topological polar surface area (TPSA) is 26.0 Å². The first kappa shape index (κ1) is 16.6. The first-order valence-electron chi connectivity index (χ1n) is 6.41. The minimum atomic E-state index is -5.22. The monoisotopic (exact) mass is 366 g/mol. The van der Waals surface area contributed by atoms with Crippen molar-refractivity contribution in [3.63, 3.8) is 0 Å². The van der Waals surface area contributed by atoms with E-state index in [-0.39, 0.29) is 0 Å². The van der Waals surface area contributed by atoms with Crippen molar-refractivity contribution in [2.24, 2.45) is 0 Å². The van der Waals surface area contributed by atoms with Crippen molar-refractivity contribution in [1.29, 1.82) is 0 Å². The Kier molecular flexibility index (Phi) is 3.74. The molecule has 1 aliphatic rings. The fourth-order valence-electron chi connectivity index (χ4n) is 2.10. The van der Waals surface area contributed by atoms with Crippen LogP contribution < -0.4 is 9.30 Å². The Bertz CT molecular complexity index is 802. The summed E-state index contributed by atoms with van der Waals surface area (Å²) in [6.07, 6.45) is 0.928. The highest BCUT2D eigenvalue weighted by atomic mass is 32.1. The Morgan fingerprint density at radius 2 is 1.83 bits per heavy atom. The molecule has 0 aromatic carbocycles. The molecule has 0 unspecified atom stereocenters. The molecule has 0 fully saturated rings. The molecule has 0 bridgehead atoms. The number of allylic oxidation sites excluding steroid dienone is 2. The normalized spacial score (nSPS) is 19.0. The molecule has 3 rings (SSSR count). The molecule has 128 valence electrons. The number of methoxy groups -OCH3 is 1. The maximum absolute atomic E-state index is 13.6. The molecule has 0 aliphatic heterocycles. The highest BCUT2D eigenvalue weighted by Gasteiger charge is 2.66. The lowest BCUT2D eigenvalue weighted by Gasteiger charge is -2.25. The van der Waals surface area contributed by atoms with Gasteiger partial charge in [-0.1, -0.05) is 0 Å². The third kappa shape index (κ3) is 2.24. The zero-order valence-electron chi connectivity index (χ0n) is 11.9. The van der Waals surface area contributed by atoms with Crippen LogP contribution in [0.4, 0.5) is 26.3 Å². The van der Waals surface area contributed by atoms with Crippen LogP contribution in [-0.2, 0) is 0 Å². The van der Waals surface area contributed by atoms with Gasteiger partial charge in [-0.3, -0.25) is 4.98 Å². The quantitative estimate of drug-likeness (QED) is 0.355. The van der Waals surface area contributed by atoms with Crippen LogP contribution >= 0.6 is 11.3 Å². The summed E-state index contributed by atoms with van der Waals surface area (Å²) in [5.41, 5.74) is -0.995. The minimum absolute atomic E-state index is 0.498. The van der Waals surface area contributed by atoms with Crippen LogP contribution in [0.2, 0.25) is 0 Å². The van der Waals surface area contributed by atoms with E-state index in [2.05, 4.69) is 4.98 Å². The van der Waals surface area contributed by atoms with Crippen molar-refractivity contribution in [2.75, 3.05) is 7.11 Å². The van der Waals surface area contributed by atoms with Crippen LogP contribution in [0.1, 0.15) is 0 Å². The van der Waals surface area contributed by atoms with E-state index >= 15 is 0 Å². The lowest BCUT2D eigenvalue weighted by Crippen LogP contribution is -2.40. The molecule has 24 heavy (non-hydrogen) atoms. The maximum atomic E-state index is 13.6. The summed E-state index contributed by atoms with van der Waals surface area (Å²) < 4.78 is 85.6. The van der Waals surface area contributed by atoms with Crippen molar-refractivity contribution in [2.45, 2.75) is 11.8 Å². The van der Waals surface area contributed by atoms with Gasteiger partial charge in [0.1, 0.15) is 18.1 Å². The van der Waals surface area contributed by atoms with Gasteiger partial charge in [0, 0.05) is 6.20 Å². The van der Waals surface area contributed by atoms with Crippen LogP contribution in [0, 0.1) is 6.17 Å². The largest absolute Gasteiger partial charge is 0.492 e. The van der Waals surface area contributed by atoms with Crippen molar-refractivity contribution < 1.29 is 35.6 Å². The second-order valence-electron chi connectivity index (χ2n) is 4.81. The highest BCUT2D eigenvalue weighted by Crippen LogP contribution is 2.56. The van der Waals surface area contributed by atoms with Gasteiger partial charge in [0.15, 0.2) is 0 Å². The average Bonchev–Trinajstić information content (AvgIpc) is 3.07. The standard InChI is InChI=1S/C14H8F6N2OS/c1-23-8-6-21-12(24-8)7-2-4-22(5-3-7)9-10(15)13(17,18)14(19,20)11(9)16/h2-6H,1H3. The van der Waals surface area contributed by atoms with Gasteiger partial charge in [0.2, 0.25) is 11.3 Å². The number of halogens is 6. The second kappa shape index (κ2) is 5.40. The SMILES string of the molecule is COc1cn[c-](-c2cc[n+](C3=C(F)C(F)(F)C(F)(F)[C-]3F)cc2)[s+]1. The Labute approximate surface area is 135 Å². The van der Waals surface area contributed by atoms with Gasteiger partial charge in [-0.2, -0.15) is 0 Å². The minimum Gasteiger partial charge on any atom is -0.492 e. The number of hydrogen-bond acceptors (Lipinski definition) is 2. The van der Waals surface area contributed by atoms with E-state index in [1.807, 2.05) is 0 Å².